The van der Waals surface area contributed by atoms with Gasteiger partial charge in [-0.25, -0.2) is 4.39 Å². The van der Waals surface area contributed by atoms with Crippen molar-refractivity contribution < 1.29 is 9.13 Å². The molecule has 1 aromatic rings. The SMILES string of the molecule is CCOCCN(CC)Cc1cc(F)ccc1N. The lowest BCUT2D eigenvalue weighted by Gasteiger charge is -2.21. The van der Waals surface area contributed by atoms with Crippen molar-refractivity contribution >= 4 is 5.69 Å². The Kier molecular flexibility index (Phi) is 5.94. The third kappa shape index (κ3) is 4.71. The Morgan fingerprint density at radius 1 is 1.35 bits per heavy atom. The van der Waals surface area contributed by atoms with Crippen LogP contribution in [-0.4, -0.2) is 31.2 Å². The van der Waals surface area contributed by atoms with Crippen LogP contribution in [0.25, 0.3) is 0 Å². The molecule has 0 aliphatic heterocycles. The van der Waals surface area contributed by atoms with Gasteiger partial charge in [0.15, 0.2) is 0 Å². The van der Waals surface area contributed by atoms with Gasteiger partial charge in [-0.1, -0.05) is 6.92 Å². The highest BCUT2D eigenvalue weighted by Crippen LogP contribution is 2.15. The van der Waals surface area contributed by atoms with E-state index in [0.717, 1.165) is 25.3 Å². The molecular weight excluding hydrogens is 219 g/mol. The molecule has 0 atom stereocenters. The first kappa shape index (κ1) is 13.9. The lowest BCUT2D eigenvalue weighted by Crippen LogP contribution is -2.27. The number of hydrogen-bond acceptors (Lipinski definition) is 3. The molecule has 96 valence electrons. The summed E-state index contributed by atoms with van der Waals surface area (Å²) in [4.78, 5) is 2.18. The summed E-state index contributed by atoms with van der Waals surface area (Å²) in [6.45, 7) is 7.85. The second-order valence-electron chi connectivity index (χ2n) is 3.91. The van der Waals surface area contributed by atoms with Crippen molar-refractivity contribution in [1.82, 2.24) is 4.90 Å². The summed E-state index contributed by atoms with van der Waals surface area (Å²) in [7, 11) is 0. The van der Waals surface area contributed by atoms with Gasteiger partial charge in [0.1, 0.15) is 5.82 Å². The standard InChI is InChI=1S/C13H21FN2O/c1-3-16(7-8-17-4-2)10-11-9-12(14)5-6-13(11)15/h5-6,9H,3-4,7-8,10,15H2,1-2H3. The molecule has 0 bridgehead atoms. The van der Waals surface area contributed by atoms with Crippen molar-refractivity contribution in [3.8, 4) is 0 Å². The highest BCUT2D eigenvalue weighted by Gasteiger charge is 2.07. The summed E-state index contributed by atoms with van der Waals surface area (Å²) in [6.07, 6.45) is 0. The molecule has 0 spiro atoms. The van der Waals surface area contributed by atoms with Crippen LogP contribution >= 0.6 is 0 Å². The molecule has 3 nitrogen and oxygen atoms in total. The smallest absolute Gasteiger partial charge is 0.123 e. The Labute approximate surface area is 102 Å². The largest absolute Gasteiger partial charge is 0.398 e. The van der Waals surface area contributed by atoms with Gasteiger partial charge in [0.25, 0.3) is 0 Å². The summed E-state index contributed by atoms with van der Waals surface area (Å²) in [5.41, 5.74) is 7.30. The van der Waals surface area contributed by atoms with Gasteiger partial charge in [-0.05, 0) is 37.2 Å². The highest BCUT2D eigenvalue weighted by molar-refractivity contribution is 5.46. The lowest BCUT2D eigenvalue weighted by molar-refractivity contribution is 0.113. The first-order valence-electron chi connectivity index (χ1n) is 6.01. The number of likely N-dealkylation sites (N-methyl/N-ethyl adjacent to an activating group) is 1. The molecule has 4 heteroatoms. The molecular formula is C13H21FN2O. The van der Waals surface area contributed by atoms with Crippen molar-refractivity contribution in [2.24, 2.45) is 0 Å². The maximum Gasteiger partial charge on any atom is 0.123 e. The number of nitrogen functional groups attached to an aromatic ring is 1. The molecule has 0 heterocycles. The third-order valence-corrected chi connectivity index (χ3v) is 2.70. The van der Waals surface area contributed by atoms with Gasteiger partial charge in [0.2, 0.25) is 0 Å². The number of rotatable bonds is 7. The zero-order valence-corrected chi connectivity index (χ0v) is 10.6. The monoisotopic (exact) mass is 240 g/mol. The summed E-state index contributed by atoms with van der Waals surface area (Å²) in [5.74, 6) is -0.241. The van der Waals surface area contributed by atoms with Crippen LogP contribution in [0.3, 0.4) is 0 Å². The number of anilines is 1. The Hall–Kier alpha value is -1.13. The van der Waals surface area contributed by atoms with Crippen LogP contribution in [-0.2, 0) is 11.3 Å². The molecule has 0 aliphatic rings. The minimum absolute atomic E-state index is 0.241. The van der Waals surface area contributed by atoms with E-state index >= 15 is 0 Å². The Bertz CT molecular complexity index is 344. The summed E-state index contributed by atoms with van der Waals surface area (Å²) >= 11 is 0. The van der Waals surface area contributed by atoms with Crippen molar-refractivity contribution in [2.75, 3.05) is 32.0 Å². The highest BCUT2D eigenvalue weighted by atomic mass is 19.1. The Morgan fingerprint density at radius 2 is 2.12 bits per heavy atom. The van der Waals surface area contributed by atoms with E-state index in [9.17, 15) is 4.39 Å². The van der Waals surface area contributed by atoms with Crippen LogP contribution < -0.4 is 5.73 Å². The van der Waals surface area contributed by atoms with E-state index in [4.69, 9.17) is 10.5 Å². The molecule has 0 saturated carbocycles. The van der Waals surface area contributed by atoms with Gasteiger partial charge in [-0.2, -0.15) is 0 Å². The van der Waals surface area contributed by atoms with E-state index in [0.29, 0.717) is 18.8 Å². The molecule has 1 rings (SSSR count). The third-order valence-electron chi connectivity index (χ3n) is 2.70. The molecule has 17 heavy (non-hydrogen) atoms. The zero-order chi connectivity index (χ0) is 12.7. The zero-order valence-electron chi connectivity index (χ0n) is 10.6. The van der Waals surface area contributed by atoms with Crippen molar-refractivity contribution in [2.45, 2.75) is 20.4 Å². The van der Waals surface area contributed by atoms with Crippen molar-refractivity contribution in [3.05, 3.63) is 29.6 Å². The fourth-order valence-electron chi connectivity index (χ4n) is 1.64. The van der Waals surface area contributed by atoms with Crippen LogP contribution in [0.1, 0.15) is 19.4 Å². The molecule has 0 fully saturated rings. The minimum Gasteiger partial charge on any atom is -0.398 e. The predicted molar refractivity (Wildman–Crippen MR) is 68.3 cm³/mol. The molecule has 0 aliphatic carbocycles. The molecule has 0 radical (unpaired) electrons. The van der Waals surface area contributed by atoms with E-state index in [-0.39, 0.29) is 5.82 Å². The van der Waals surface area contributed by atoms with Gasteiger partial charge in [0, 0.05) is 25.4 Å². The first-order valence-corrected chi connectivity index (χ1v) is 6.01. The van der Waals surface area contributed by atoms with Gasteiger partial charge in [0.05, 0.1) is 6.61 Å². The number of halogens is 1. The summed E-state index contributed by atoms with van der Waals surface area (Å²) < 4.78 is 18.4. The molecule has 0 amide bonds. The number of hydrogen-bond donors (Lipinski definition) is 1. The Morgan fingerprint density at radius 3 is 2.76 bits per heavy atom. The van der Waals surface area contributed by atoms with Crippen LogP contribution in [0.5, 0.6) is 0 Å². The fraction of sp³-hybridized carbons (Fsp3) is 0.538. The Balaban J connectivity index is 2.57. The van der Waals surface area contributed by atoms with Crippen molar-refractivity contribution in [3.63, 3.8) is 0 Å². The lowest BCUT2D eigenvalue weighted by atomic mass is 10.1. The molecule has 0 unspecified atom stereocenters. The van der Waals surface area contributed by atoms with E-state index in [1.165, 1.54) is 12.1 Å². The first-order chi connectivity index (χ1) is 8.17. The van der Waals surface area contributed by atoms with Crippen LogP contribution in [0.15, 0.2) is 18.2 Å². The van der Waals surface area contributed by atoms with E-state index in [1.54, 1.807) is 6.07 Å². The maximum absolute atomic E-state index is 13.1. The number of nitrogens with zero attached hydrogens (tertiary/aromatic N) is 1. The summed E-state index contributed by atoms with van der Waals surface area (Å²) in [6, 6.07) is 4.50. The van der Waals surface area contributed by atoms with E-state index in [2.05, 4.69) is 11.8 Å². The average molecular weight is 240 g/mol. The van der Waals surface area contributed by atoms with E-state index < -0.39 is 0 Å². The summed E-state index contributed by atoms with van der Waals surface area (Å²) in [5, 5.41) is 0. The van der Waals surface area contributed by atoms with Crippen LogP contribution in [0, 0.1) is 5.82 Å². The molecule has 1 aromatic carbocycles. The maximum atomic E-state index is 13.1. The topological polar surface area (TPSA) is 38.5 Å². The number of benzene rings is 1. The van der Waals surface area contributed by atoms with Crippen LogP contribution in [0.2, 0.25) is 0 Å². The van der Waals surface area contributed by atoms with Gasteiger partial charge in [-0.15, -0.1) is 0 Å². The normalized spacial score (nSPS) is 11.1. The van der Waals surface area contributed by atoms with E-state index in [1.807, 2.05) is 6.92 Å². The second-order valence-corrected chi connectivity index (χ2v) is 3.91. The second kappa shape index (κ2) is 7.25. The van der Waals surface area contributed by atoms with Gasteiger partial charge >= 0.3 is 0 Å². The van der Waals surface area contributed by atoms with Crippen molar-refractivity contribution in [1.29, 1.82) is 0 Å². The molecule has 0 aromatic heterocycles. The van der Waals surface area contributed by atoms with Crippen LogP contribution in [0.4, 0.5) is 10.1 Å². The molecule has 2 N–H and O–H groups in total. The predicted octanol–water partition coefficient (Wildman–Crippen LogP) is 2.27. The minimum atomic E-state index is -0.241. The van der Waals surface area contributed by atoms with Gasteiger partial charge in [-0.3, -0.25) is 4.90 Å². The fourth-order valence-corrected chi connectivity index (χ4v) is 1.64. The number of ether oxygens (including phenoxy) is 1. The van der Waals surface area contributed by atoms with Gasteiger partial charge < -0.3 is 10.5 Å². The number of nitrogens with two attached hydrogens (primary N) is 1. The quantitative estimate of drug-likeness (QED) is 0.587. The molecule has 0 saturated heterocycles. The average Bonchev–Trinajstić information content (AvgIpc) is 2.32.